The van der Waals surface area contributed by atoms with Gasteiger partial charge in [0.15, 0.2) is 0 Å². The van der Waals surface area contributed by atoms with Gasteiger partial charge < -0.3 is 10.6 Å². The summed E-state index contributed by atoms with van der Waals surface area (Å²) in [6.45, 7) is 5.56. The molecule has 26 heavy (non-hydrogen) atoms. The first-order valence-corrected chi connectivity index (χ1v) is 9.33. The van der Waals surface area contributed by atoms with Crippen molar-refractivity contribution in [3.05, 3.63) is 28.8 Å². The van der Waals surface area contributed by atoms with Crippen LogP contribution in [-0.4, -0.2) is 34.8 Å². The number of carbonyl (C=O) groups is 3. The average molecular weight is 378 g/mol. The Bertz CT molecular complexity index is 754. The lowest BCUT2D eigenvalue weighted by Crippen LogP contribution is -2.59. The SMILES string of the molecule is Cc1ccc(NC(=O)CN2C(=O)NC3(C2=O)C(C)CCCC3C)c(Cl)c1. The van der Waals surface area contributed by atoms with Crippen LogP contribution in [0.4, 0.5) is 10.5 Å². The van der Waals surface area contributed by atoms with Crippen molar-refractivity contribution >= 4 is 35.1 Å². The fourth-order valence-electron chi connectivity index (χ4n) is 4.15. The van der Waals surface area contributed by atoms with E-state index >= 15 is 0 Å². The molecular weight excluding hydrogens is 354 g/mol. The molecule has 6 nitrogen and oxygen atoms in total. The maximum absolute atomic E-state index is 13.0. The van der Waals surface area contributed by atoms with E-state index in [0.29, 0.717) is 10.7 Å². The van der Waals surface area contributed by atoms with Gasteiger partial charge in [-0.2, -0.15) is 0 Å². The number of urea groups is 1. The molecule has 2 atom stereocenters. The van der Waals surface area contributed by atoms with Crippen LogP contribution < -0.4 is 10.6 Å². The number of benzene rings is 1. The lowest BCUT2D eigenvalue weighted by Gasteiger charge is -2.42. The number of hydrogen-bond acceptors (Lipinski definition) is 3. The third-order valence-corrected chi connectivity index (χ3v) is 6.00. The summed E-state index contributed by atoms with van der Waals surface area (Å²) in [4.78, 5) is 38.9. The molecule has 4 amide bonds. The highest BCUT2D eigenvalue weighted by Gasteiger charge is 2.58. The van der Waals surface area contributed by atoms with Gasteiger partial charge in [-0.15, -0.1) is 0 Å². The molecule has 3 rings (SSSR count). The van der Waals surface area contributed by atoms with E-state index in [1.165, 1.54) is 0 Å². The predicted molar refractivity (Wildman–Crippen MR) is 100.0 cm³/mol. The predicted octanol–water partition coefficient (Wildman–Crippen LogP) is 3.33. The molecule has 1 saturated heterocycles. The normalized spacial score (nSPS) is 28.4. The molecule has 1 heterocycles. The Labute approximate surface area is 158 Å². The zero-order chi connectivity index (χ0) is 19.1. The second kappa shape index (κ2) is 6.91. The summed E-state index contributed by atoms with van der Waals surface area (Å²) in [7, 11) is 0. The fourth-order valence-corrected chi connectivity index (χ4v) is 4.43. The monoisotopic (exact) mass is 377 g/mol. The molecule has 140 valence electrons. The first-order valence-electron chi connectivity index (χ1n) is 8.95. The number of nitrogens with one attached hydrogen (secondary N) is 2. The molecule has 1 spiro atoms. The van der Waals surface area contributed by atoms with Gasteiger partial charge in [-0.05, 0) is 49.3 Å². The Morgan fingerprint density at radius 3 is 2.58 bits per heavy atom. The van der Waals surface area contributed by atoms with Gasteiger partial charge in [0.2, 0.25) is 5.91 Å². The third-order valence-electron chi connectivity index (χ3n) is 5.69. The fraction of sp³-hybridized carbons (Fsp3) is 0.526. The van der Waals surface area contributed by atoms with Gasteiger partial charge in [0, 0.05) is 0 Å². The summed E-state index contributed by atoms with van der Waals surface area (Å²) >= 11 is 6.13. The highest BCUT2D eigenvalue weighted by molar-refractivity contribution is 6.33. The van der Waals surface area contributed by atoms with Crippen LogP contribution in [0.25, 0.3) is 0 Å². The molecule has 1 aliphatic carbocycles. The van der Waals surface area contributed by atoms with Gasteiger partial charge in [0.25, 0.3) is 5.91 Å². The Hall–Kier alpha value is -2.08. The number of imide groups is 1. The van der Waals surface area contributed by atoms with Gasteiger partial charge >= 0.3 is 6.03 Å². The van der Waals surface area contributed by atoms with Crippen LogP contribution in [0.3, 0.4) is 0 Å². The number of anilines is 1. The largest absolute Gasteiger partial charge is 0.325 e. The van der Waals surface area contributed by atoms with Gasteiger partial charge in [-0.3, -0.25) is 14.5 Å². The van der Waals surface area contributed by atoms with Crippen molar-refractivity contribution < 1.29 is 14.4 Å². The molecule has 2 aliphatic rings. The van der Waals surface area contributed by atoms with E-state index in [0.717, 1.165) is 29.7 Å². The first kappa shape index (κ1) is 18.7. The number of aryl methyl sites for hydroxylation is 1. The molecule has 1 aromatic carbocycles. The molecule has 7 heteroatoms. The third kappa shape index (κ3) is 3.07. The minimum Gasteiger partial charge on any atom is -0.323 e. The Morgan fingerprint density at radius 2 is 1.96 bits per heavy atom. The zero-order valence-corrected chi connectivity index (χ0v) is 16.0. The number of hydrogen-bond donors (Lipinski definition) is 2. The quantitative estimate of drug-likeness (QED) is 0.793. The van der Waals surface area contributed by atoms with E-state index in [4.69, 9.17) is 11.6 Å². The van der Waals surface area contributed by atoms with E-state index in [1.54, 1.807) is 12.1 Å². The molecule has 0 aromatic heterocycles. The summed E-state index contributed by atoms with van der Waals surface area (Å²) in [5.41, 5.74) is 0.546. The summed E-state index contributed by atoms with van der Waals surface area (Å²) < 4.78 is 0. The number of rotatable bonds is 3. The molecule has 0 radical (unpaired) electrons. The maximum atomic E-state index is 13.0. The highest BCUT2D eigenvalue weighted by Crippen LogP contribution is 2.42. The summed E-state index contributed by atoms with van der Waals surface area (Å²) in [5.74, 6) is -0.663. The summed E-state index contributed by atoms with van der Waals surface area (Å²) in [5, 5.41) is 5.98. The number of carbonyl (C=O) groups excluding carboxylic acids is 3. The highest BCUT2D eigenvalue weighted by atomic mass is 35.5. The lowest BCUT2D eigenvalue weighted by atomic mass is 9.67. The second-order valence-electron chi connectivity index (χ2n) is 7.45. The van der Waals surface area contributed by atoms with E-state index in [9.17, 15) is 14.4 Å². The Kier molecular flexibility index (Phi) is 4.97. The standard InChI is InChI=1S/C19H24ClN3O3/c1-11-7-8-15(14(20)9-11)21-16(24)10-23-17(25)19(22-18(23)26)12(2)5-4-6-13(19)3/h7-9,12-13H,4-6,10H2,1-3H3,(H,21,24)(H,22,26). The maximum Gasteiger partial charge on any atom is 0.325 e. The second-order valence-corrected chi connectivity index (χ2v) is 7.86. The van der Waals surface area contributed by atoms with Gasteiger partial charge in [0.1, 0.15) is 12.1 Å². The van der Waals surface area contributed by atoms with Crippen LogP contribution in [0.2, 0.25) is 5.02 Å². The minimum atomic E-state index is -0.892. The van der Waals surface area contributed by atoms with Gasteiger partial charge in [-0.25, -0.2) is 4.79 Å². The topological polar surface area (TPSA) is 78.5 Å². The average Bonchev–Trinajstić information content (AvgIpc) is 2.81. The molecular formula is C19H24ClN3O3. The Morgan fingerprint density at radius 1 is 1.31 bits per heavy atom. The number of nitrogens with zero attached hydrogens (tertiary/aromatic N) is 1. The van der Waals surface area contributed by atoms with Crippen molar-refractivity contribution in [2.75, 3.05) is 11.9 Å². The number of halogens is 1. The molecule has 2 N–H and O–H groups in total. The van der Waals surface area contributed by atoms with Gasteiger partial charge in [0.05, 0.1) is 10.7 Å². The molecule has 1 aromatic rings. The Balaban J connectivity index is 1.74. The number of amides is 4. The molecule has 1 saturated carbocycles. The minimum absolute atomic E-state index is 0.0438. The van der Waals surface area contributed by atoms with Crippen LogP contribution in [-0.2, 0) is 9.59 Å². The smallest absolute Gasteiger partial charge is 0.323 e. The molecule has 2 unspecified atom stereocenters. The van der Waals surface area contributed by atoms with Crippen molar-refractivity contribution in [1.29, 1.82) is 0 Å². The molecule has 2 fully saturated rings. The molecule has 0 bridgehead atoms. The van der Waals surface area contributed by atoms with Crippen LogP contribution in [0.5, 0.6) is 0 Å². The van der Waals surface area contributed by atoms with E-state index in [1.807, 2.05) is 26.8 Å². The van der Waals surface area contributed by atoms with Crippen molar-refractivity contribution in [2.45, 2.75) is 45.6 Å². The van der Waals surface area contributed by atoms with E-state index in [-0.39, 0.29) is 24.3 Å². The van der Waals surface area contributed by atoms with Crippen LogP contribution in [0.15, 0.2) is 18.2 Å². The van der Waals surface area contributed by atoms with Crippen molar-refractivity contribution in [1.82, 2.24) is 10.2 Å². The molecule has 1 aliphatic heterocycles. The van der Waals surface area contributed by atoms with Gasteiger partial charge in [-0.1, -0.05) is 37.9 Å². The lowest BCUT2D eigenvalue weighted by molar-refractivity contribution is -0.138. The van der Waals surface area contributed by atoms with E-state index in [2.05, 4.69) is 10.6 Å². The van der Waals surface area contributed by atoms with Crippen molar-refractivity contribution in [3.63, 3.8) is 0 Å². The summed E-state index contributed by atoms with van der Waals surface area (Å²) in [6, 6.07) is 4.77. The van der Waals surface area contributed by atoms with Crippen LogP contribution in [0.1, 0.15) is 38.7 Å². The van der Waals surface area contributed by atoms with Crippen LogP contribution in [0, 0.1) is 18.8 Å². The van der Waals surface area contributed by atoms with E-state index < -0.39 is 17.5 Å². The first-order chi connectivity index (χ1) is 12.3. The van der Waals surface area contributed by atoms with Crippen LogP contribution >= 0.6 is 11.6 Å². The zero-order valence-electron chi connectivity index (χ0n) is 15.3. The summed E-state index contributed by atoms with van der Waals surface area (Å²) in [6.07, 6.45) is 2.81. The van der Waals surface area contributed by atoms with Crippen molar-refractivity contribution in [3.8, 4) is 0 Å². The van der Waals surface area contributed by atoms with Crippen molar-refractivity contribution in [2.24, 2.45) is 11.8 Å².